The van der Waals surface area contributed by atoms with Crippen LogP contribution >= 0.6 is 11.3 Å². The lowest BCUT2D eigenvalue weighted by molar-refractivity contribution is -0.130. The molecule has 1 aromatic heterocycles. The zero-order valence-electron chi connectivity index (χ0n) is 19.2. The normalized spacial score (nSPS) is 15.5. The third-order valence-electron chi connectivity index (χ3n) is 6.25. The molecule has 1 aliphatic rings. The standard InChI is InChI=1S/C28H25NO5S/c1-2-25(32)29-14-13-22(16-29)34-21-10-5-17(6-11-21)27(33)26-23-12-9-20(31)15-24(23)35-28(26)18-3-7-19(30)8-4-18/h3-12,15,22,30-31H,2,13-14,16H2,1H3/t22-/m1/s1. The largest absolute Gasteiger partial charge is 0.508 e. The first kappa shape index (κ1) is 22.9. The molecule has 1 atom stereocenters. The molecule has 1 aliphatic heterocycles. The summed E-state index contributed by atoms with van der Waals surface area (Å²) in [6.07, 6.45) is 1.23. The zero-order chi connectivity index (χ0) is 24.5. The maximum Gasteiger partial charge on any atom is 0.222 e. The number of fused-ring (bicyclic) bond motifs is 1. The Morgan fingerprint density at radius 2 is 1.71 bits per heavy atom. The molecule has 7 heteroatoms. The lowest BCUT2D eigenvalue weighted by atomic mass is 9.97. The van der Waals surface area contributed by atoms with E-state index in [1.807, 2.05) is 11.8 Å². The molecule has 178 valence electrons. The second-order valence-corrected chi connectivity index (χ2v) is 9.66. The number of ether oxygens (including phenoxy) is 1. The van der Waals surface area contributed by atoms with Gasteiger partial charge in [-0.3, -0.25) is 9.59 Å². The van der Waals surface area contributed by atoms with E-state index in [4.69, 9.17) is 4.74 Å². The number of ketones is 1. The van der Waals surface area contributed by atoms with Crippen molar-refractivity contribution in [3.63, 3.8) is 0 Å². The van der Waals surface area contributed by atoms with Crippen molar-refractivity contribution in [3.8, 4) is 27.7 Å². The third-order valence-corrected chi connectivity index (χ3v) is 7.45. The van der Waals surface area contributed by atoms with Gasteiger partial charge in [-0.1, -0.05) is 6.92 Å². The number of nitrogens with zero attached hydrogens (tertiary/aromatic N) is 1. The number of likely N-dealkylation sites (tertiary alicyclic amines) is 1. The fraction of sp³-hybridized carbons (Fsp3) is 0.214. The Kier molecular flexibility index (Phi) is 6.17. The molecule has 5 rings (SSSR count). The Balaban J connectivity index is 1.43. The molecule has 35 heavy (non-hydrogen) atoms. The lowest BCUT2D eigenvalue weighted by Gasteiger charge is -2.16. The second-order valence-electron chi connectivity index (χ2n) is 8.61. The molecular formula is C28H25NO5S. The minimum Gasteiger partial charge on any atom is -0.508 e. The van der Waals surface area contributed by atoms with Gasteiger partial charge in [0.1, 0.15) is 23.4 Å². The van der Waals surface area contributed by atoms with Crippen molar-refractivity contribution in [3.05, 3.63) is 77.9 Å². The van der Waals surface area contributed by atoms with Crippen molar-refractivity contribution in [1.29, 1.82) is 0 Å². The minimum absolute atomic E-state index is 0.0540. The van der Waals surface area contributed by atoms with E-state index in [-0.39, 0.29) is 29.3 Å². The first-order valence-electron chi connectivity index (χ1n) is 11.6. The highest BCUT2D eigenvalue weighted by molar-refractivity contribution is 7.22. The molecule has 0 aliphatic carbocycles. The van der Waals surface area contributed by atoms with E-state index in [2.05, 4.69) is 0 Å². The minimum atomic E-state index is -0.128. The SMILES string of the molecule is CCC(=O)N1CC[C@@H](Oc2ccc(C(=O)c3c(-c4ccc(O)cc4)sc4cc(O)ccc34)cc2)C1. The van der Waals surface area contributed by atoms with Gasteiger partial charge in [-0.15, -0.1) is 11.3 Å². The average molecular weight is 488 g/mol. The van der Waals surface area contributed by atoms with Crippen LogP contribution in [-0.2, 0) is 4.79 Å². The number of aromatic hydroxyl groups is 2. The van der Waals surface area contributed by atoms with Crippen molar-refractivity contribution < 1.29 is 24.5 Å². The van der Waals surface area contributed by atoms with Crippen LogP contribution in [0.25, 0.3) is 20.5 Å². The predicted molar refractivity (Wildman–Crippen MR) is 136 cm³/mol. The summed E-state index contributed by atoms with van der Waals surface area (Å²) in [5, 5.41) is 20.4. The van der Waals surface area contributed by atoms with E-state index in [1.165, 1.54) is 11.3 Å². The molecule has 1 fully saturated rings. The average Bonchev–Trinajstić information content (AvgIpc) is 3.48. The highest BCUT2D eigenvalue weighted by Crippen LogP contribution is 2.41. The highest BCUT2D eigenvalue weighted by atomic mass is 32.1. The van der Waals surface area contributed by atoms with E-state index in [0.29, 0.717) is 36.4 Å². The molecule has 6 nitrogen and oxygen atoms in total. The van der Waals surface area contributed by atoms with Crippen LogP contribution in [0.3, 0.4) is 0 Å². The molecule has 1 saturated heterocycles. The Morgan fingerprint density at radius 1 is 1.00 bits per heavy atom. The smallest absolute Gasteiger partial charge is 0.222 e. The summed E-state index contributed by atoms with van der Waals surface area (Å²) < 4.78 is 6.87. The summed E-state index contributed by atoms with van der Waals surface area (Å²) in [7, 11) is 0. The number of rotatable bonds is 6. The molecule has 1 amide bonds. The van der Waals surface area contributed by atoms with E-state index in [0.717, 1.165) is 26.9 Å². The molecule has 3 aromatic carbocycles. The maximum atomic E-state index is 13.7. The van der Waals surface area contributed by atoms with Crippen molar-refractivity contribution in [1.82, 2.24) is 4.90 Å². The van der Waals surface area contributed by atoms with Crippen molar-refractivity contribution >= 4 is 33.1 Å². The molecular weight excluding hydrogens is 462 g/mol. The summed E-state index contributed by atoms with van der Waals surface area (Å²) in [6.45, 7) is 3.14. The number of amides is 1. The van der Waals surface area contributed by atoms with Crippen LogP contribution in [0.1, 0.15) is 35.7 Å². The van der Waals surface area contributed by atoms with Crippen LogP contribution in [0.5, 0.6) is 17.2 Å². The monoisotopic (exact) mass is 487 g/mol. The zero-order valence-corrected chi connectivity index (χ0v) is 20.0. The Labute approximate surface area is 207 Å². The number of hydrogen-bond acceptors (Lipinski definition) is 6. The van der Waals surface area contributed by atoms with Gasteiger partial charge in [-0.25, -0.2) is 0 Å². The molecule has 2 heterocycles. The maximum absolute atomic E-state index is 13.7. The Bertz CT molecular complexity index is 1390. The first-order valence-corrected chi connectivity index (χ1v) is 12.4. The van der Waals surface area contributed by atoms with Crippen molar-refractivity contribution in [2.45, 2.75) is 25.9 Å². The number of hydrogen-bond donors (Lipinski definition) is 2. The Morgan fingerprint density at radius 3 is 2.43 bits per heavy atom. The molecule has 0 unspecified atom stereocenters. The predicted octanol–water partition coefficient (Wildman–Crippen LogP) is 5.60. The van der Waals surface area contributed by atoms with Gasteiger partial charge in [-0.2, -0.15) is 0 Å². The number of phenols is 2. The molecule has 0 saturated carbocycles. The van der Waals surface area contributed by atoms with Gasteiger partial charge in [0, 0.05) is 45.5 Å². The highest BCUT2D eigenvalue weighted by Gasteiger charge is 2.27. The van der Waals surface area contributed by atoms with Gasteiger partial charge in [0.25, 0.3) is 0 Å². The summed E-state index contributed by atoms with van der Waals surface area (Å²) >= 11 is 1.43. The van der Waals surface area contributed by atoms with Gasteiger partial charge >= 0.3 is 0 Å². The number of benzene rings is 3. The van der Waals surface area contributed by atoms with Crippen LogP contribution in [0, 0.1) is 0 Å². The van der Waals surface area contributed by atoms with E-state index in [9.17, 15) is 19.8 Å². The van der Waals surface area contributed by atoms with Gasteiger partial charge in [0.15, 0.2) is 5.78 Å². The first-order chi connectivity index (χ1) is 16.9. The van der Waals surface area contributed by atoms with Gasteiger partial charge in [-0.05, 0) is 72.3 Å². The quantitative estimate of drug-likeness (QED) is 0.346. The molecule has 0 radical (unpaired) electrons. The van der Waals surface area contributed by atoms with E-state index >= 15 is 0 Å². The second kappa shape index (κ2) is 9.43. The Hall–Kier alpha value is -3.84. The topological polar surface area (TPSA) is 87.1 Å². The van der Waals surface area contributed by atoms with Crippen molar-refractivity contribution in [2.24, 2.45) is 0 Å². The molecule has 0 bridgehead atoms. The fourth-order valence-electron chi connectivity index (χ4n) is 4.42. The van der Waals surface area contributed by atoms with Crippen LogP contribution in [0.2, 0.25) is 0 Å². The van der Waals surface area contributed by atoms with E-state index in [1.54, 1.807) is 66.7 Å². The molecule has 0 spiro atoms. The van der Waals surface area contributed by atoms with Gasteiger partial charge in [0.2, 0.25) is 5.91 Å². The van der Waals surface area contributed by atoms with Crippen LogP contribution in [0.4, 0.5) is 0 Å². The fourth-order valence-corrected chi connectivity index (χ4v) is 5.66. The summed E-state index contributed by atoms with van der Waals surface area (Å²) in [6, 6.07) is 18.8. The number of phenolic OH excluding ortho intramolecular Hbond substituents is 2. The lowest BCUT2D eigenvalue weighted by Crippen LogP contribution is -2.30. The van der Waals surface area contributed by atoms with Gasteiger partial charge in [0.05, 0.1) is 6.54 Å². The van der Waals surface area contributed by atoms with Crippen LogP contribution in [0.15, 0.2) is 66.7 Å². The summed E-state index contributed by atoms with van der Waals surface area (Å²) in [4.78, 5) is 28.2. The van der Waals surface area contributed by atoms with Gasteiger partial charge < -0.3 is 19.8 Å². The summed E-state index contributed by atoms with van der Waals surface area (Å²) in [5.41, 5.74) is 1.91. The number of thiophene rings is 1. The number of carbonyl (C=O) groups excluding carboxylic acids is 2. The summed E-state index contributed by atoms with van der Waals surface area (Å²) in [5.74, 6) is 0.967. The third kappa shape index (κ3) is 4.59. The molecule has 2 N–H and O–H groups in total. The van der Waals surface area contributed by atoms with Crippen molar-refractivity contribution in [2.75, 3.05) is 13.1 Å². The van der Waals surface area contributed by atoms with Crippen LogP contribution < -0.4 is 4.74 Å². The number of carbonyl (C=O) groups is 2. The molecule has 4 aromatic rings. The van der Waals surface area contributed by atoms with Crippen LogP contribution in [-0.4, -0.2) is 46.0 Å². The van der Waals surface area contributed by atoms with E-state index < -0.39 is 0 Å².